The fourth-order valence-corrected chi connectivity index (χ4v) is 10.9. The molecule has 0 saturated carbocycles. The van der Waals surface area contributed by atoms with Crippen molar-refractivity contribution in [3.63, 3.8) is 0 Å². The van der Waals surface area contributed by atoms with Crippen LogP contribution in [0.2, 0.25) is 0 Å². The quantitative estimate of drug-likeness (QED) is 0.165. The van der Waals surface area contributed by atoms with Gasteiger partial charge in [0.2, 0.25) is 0 Å². The molecular formula is C60H54BN3O. The Morgan fingerprint density at radius 2 is 1.08 bits per heavy atom. The van der Waals surface area contributed by atoms with Crippen molar-refractivity contribution in [3.8, 4) is 16.8 Å². The van der Waals surface area contributed by atoms with Gasteiger partial charge in [-0.2, -0.15) is 0 Å². The van der Waals surface area contributed by atoms with Gasteiger partial charge in [0, 0.05) is 55.8 Å². The summed E-state index contributed by atoms with van der Waals surface area (Å²) in [4.78, 5) is 5.04. The monoisotopic (exact) mass is 843 g/mol. The summed E-state index contributed by atoms with van der Waals surface area (Å²) in [5, 5.41) is 4.74. The second kappa shape index (κ2) is 13.8. The third kappa shape index (κ3) is 5.90. The highest BCUT2D eigenvalue weighted by Crippen LogP contribution is 2.52. The SMILES string of the molecule is CC(C)(C)c1ccc(N(c2ccc(C(C)(C)C)cc2)c2ccc3c(c2)-n2c4ccc(C(C)(C)C)cc4c4c5oc6ccccc6c5c5c(c42)B3N(c2ccccc2)c2ccccc2-5)cc1. The van der Waals surface area contributed by atoms with E-state index in [1.165, 1.54) is 77.3 Å². The molecule has 0 saturated heterocycles. The standard InChI is InChI=1S/C60H54BN3O/c1-58(2,3)37-23-28-40(29-24-37)62(41-30-25-38(26-31-41)59(4,5)6)43-32-33-47-50(36-43)63-48-34-27-39(60(7,8)9)35-46(48)54-56(63)55-52(53-45-20-14-16-22-51(45)65-57(53)54)44-19-13-15-21-49(44)64(61(47)55)42-17-11-10-12-18-42/h10-36H,1-9H3. The number of benzene rings is 8. The van der Waals surface area contributed by atoms with Crippen LogP contribution in [0.25, 0.3) is 60.6 Å². The maximum atomic E-state index is 7.16. The molecule has 0 N–H and O–H groups in total. The molecule has 0 fully saturated rings. The second-order valence-electron chi connectivity index (χ2n) is 21.4. The lowest BCUT2D eigenvalue weighted by atomic mass is 9.43. The van der Waals surface area contributed by atoms with Crippen molar-refractivity contribution in [3.05, 3.63) is 180 Å². The van der Waals surface area contributed by atoms with Crippen molar-refractivity contribution in [2.24, 2.45) is 0 Å². The first-order chi connectivity index (χ1) is 31.2. The molecule has 318 valence electrons. The molecule has 0 radical (unpaired) electrons. The lowest BCUT2D eigenvalue weighted by molar-refractivity contribution is 0.590. The fraction of sp³-hybridized carbons (Fsp3) is 0.200. The van der Waals surface area contributed by atoms with Gasteiger partial charge in [-0.3, -0.25) is 0 Å². The zero-order valence-corrected chi connectivity index (χ0v) is 38.9. The van der Waals surface area contributed by atoms with Crippen LogP contribution in [0, 0.1) is 0 Å². The average Bonchev–Trinajstić information content (AvgIpc) is 3.85. The molecule has 0 amide bonds. The van der Waals surface area contributed by atoms with Crippen molar-refractivity contribution in [2.45, 2.75) is 78.6 Å². The number of rotatable bonds is 4. The molecule has 8 aromatic carbocycles. The van der Waals surface area contributed by atoms with Crippen molar-refractivity contribution in [1.82, 2.24) is 4.57 Å². The lowest BCUT2D eigenvalue weighted by Gasteiger charge is -2.42. The molecule has 65 heavy (non-hydrogen) atoms. The van der Waals surface area contributed by atoms with Gasteiger partial charge >= 0.3 is 6.85 Å². The van der Waals surface area contributed by atoms with Gasteiger partial charge in [-0.1, -0.05) is 153 Å². The number of hydrogen-bond acceptors (Lipinski definition) is 3. The molecule has 0 unspecified atom stereocenters. The van der Waals surface area contributed by atoms with Crippen LogP contribution in [0.1, 0.15) is 79.0 Å². The van der Waals surface area contributed by atoms with Crippen LogP contribution in [0.5, 0.6) is 0 Å². The lowest BCUT2D eigenvalue weighted by Crippen LogP contribution is -2.60. The topological polar surface area (TPSA) is 24.6 Å². The normalized spacial score (nSPS) is 13.6. The van der Waals surface area contributed by atoms with E-state index in [0.717, 1.165) is 39.3 Å². The summed E-state index contributed by atoms with van der Waals surface area (Å²) in [6.45, 7) is 20.5. The molecule has 4 heterocycles. The summed E-state index contributed by atoms with van der Waals surface area (Å²) in [5.41, 5.74) is 20.2. The van der Waals surface area contributed by atoms with E-state index in [-0.39, 0.29) is 23.1 Å². The minimum atomic E-state index is -0.128. The van der Waals surface area contributed by atoms with Crippen LogP contribution in [0.15, 0.2) is 168 Å². The van der Waals surface area contributed by atoms with Gasteiger partial charge < -0.3 is 18.7 Å². The number of anilines is 5. The Hall–Kier alpha value is -6.98. The maximum absolute atomic E-state index is 7.16. The predicted molar refractivity (Wildman–Crippen MR) is 278 cm³/mol. The molecule has 5 heteroatoms. The van der Waals surface area contributed by atoms with Gasteiger partial charge in [0.15, 0.2) is 0 Å². The van der Waals surface area contributed by atoms with Gasteiger partial charge in [-0.15, -0.1) is 0 Å². The Labute approximate surface area is 382 Å². The molecule has 0 atom stereocenters. The highest BCUT2D eigenvalue weighted by atomic mass is 16.3. The predicted octanol–water partition coefficient (Wildman–Crippen LogP) is 15.3. The Balaban J connectivity index is 1.23. The van der Waals surface area contributed by atoms with E-state index in [2.05, 4.69) is 240 Å². The number of furan rings is 1. The summed E-state index contributed by atoms with van der Waals surface area (Å²) >= 11 is 0. The number of aromatic nitrogens is 1. The van der Waals surface area contributed by atoms with Crippen LogP contribution in [0.4, 0.5) is 28.4 Å². The van der Waals surface area contributed by atoms with Gasteiger partial charge in [0.25, 0.3) is 0 Å². The molecular weight excluding hydrogens is 789 g/mol. The summed E-state index contributed by atoms with van der Waals surface area (Å²) in [6.07, 6.45) is 0. The number of hydrogen-bond donors (Lipinski definition) is 0. The average molecular weight is 844 g/mol. The van der Waals surface area contributed by atoms with E-state index >= 15 is 0 Å². The van der Waals surface area contributed by atoms with Crippen molar-refractivity contribution >= 4 is 90.0 Å². The van der Waals surface area contributed by atoms with Crippen LogP contribution < -0.4 is 20.6 Å². The number of fused-ring (bicyclic) bond motifs is 13. The van der Waals surface area contributed by atoms with E-state index in [9.17, 15) is 0 Å². The zero-order chi connectivity index (χ0) is 44.7. The summed E-state index contributed by atoms with van der Waals surface area (Å²) < 4.78 is 9.74. The van der Waals surface area contributed by atoms with Gasteiger partial charge in [0.05, 0.1) is 16.4 Å². The molecule has 4 nitrogen and oxygen atoms in total. The first-order valence-corrected chi connectivity index (χ1v) is 23.2. The van der Waals surface area contributed by atoms with Gasteiger partial charge in [-0.25, -0.2) is 0 Å². The van der Waals surface area contributed by atoms with Gasteiger partial charge in [0.1, 0.15) is 11.2 Å². The maximum Gasteiger partial charge on any atom is 0.333 e. The molecule has 10 aromatic rings. The highest BCUT2D eigenvalue weighted by Gasteiger charge is 2.46. The van der Waals surface area contributed by atoms with E-state index < -0.39 is 0 Å². The Morgan fingerprint density at radius 3 is 1.74 bits per heavy atom. The van der Waals surface area contributed by atoms with Crippen LogP contribution in [0.3, 0.4) is 0 Å². The van der Waals surface area contributed by atoms with E-state index in [1.807, 2.05) is 0 Å². The molecule has 0 bridgehead atoms. The van der Waals surface area contributed by atoms with Crippen molar-refractivity contribution in [2.75, 3.05) is 9.71 Å². The zero-order valence-electron chi connectivity index (χ0n) is 38.9. The van der Waals surface area contributed by atoms with Crippen LogP contribution >= 0.6 is 0 Å². The third-order valence-electron chi connectivity index (χ3n) is 14.2. The van der Waals surface area contributed by atoms with Crippen LogP contribution in [-0.2, 0) is 16.2 Å². The smallest absolute Gasteiger partial charge is 0.333 e. The van der Waals surface area contributed by atoms with Crippen molar-refractivity contribution < 1.29 is 4.42 Å². The largest absolute Gasteiger partial charge is 0.455 e. The molecule has 2 aliphatic heterocycles. The first kappa shape index (κ1) is 39.6. The fourth-order valence-electron chi connectivity index (χ4n) is 10.9. The van der Waals surface area contributed by atoms with Crippen LogP contribution in [-0.4, -0.2) is 11.4 Å². The summed E-state index contributed by atoms with van der Waals surface area (Å²) in [5.74, 6) is 0. The molecule has 12 rings (SSSR count). The molecule has 0 aliphatic carbocycles. The second-order valence-corrected chi connectivity index (χ2v) is 21.4. The van der Waals surface area contributed by atoms with Gasteiger partial charge in [-0.05, 0) is 122 Å². The molecule has 0 spiro atoms. The molecule has 2 aliphatic rings. The Bertz CT molecular complexity index is 3480. The van der Waals surface area contributed by atoms with E-state index in [1.54, 1.807) is 0 Å². The minimum absolute atomic E-state index is 0.0397. The first-order valence-electron chi connectivity index (χ1n) is 23.2. The number of para-hydroxylation sites is 3. The Morgan fingerprint density at radius 1 is 0.492 bits per heavy atom. The minimum Gasteiger partial charge on any atom is -0.455 e. The summed E-state index contributed by atoms with van der Waals surface area (Å²) in [7, 11) is 0. The third-order valence-corrected chi connectivity index (χ3v) is 14.2. The number of nitrogens with zero attached hydrogens (tertiary/aromatic N) is 3. The Kier molecular flexibility index (Phi) is 8.39. The highest BCUT2D eigenvalue weighted by molar-refractivity contribution is 6.94. The summed E-state index contributed by atoms with van der Waals surface area (Å²) in [6, 6.07) is 61.4. The van der Waals surface area contributed by atoms with E-state index in [4.69, 9.17) is 4.42 Å². The van der Waals surface area contributed by atoms with Crippen molar-refractivity contribution in [1.29, 1.82) is 0 Å². The van der Waals surface area contributed by atoms with E-state index in [0.29, 0.717) is 0 Å². The molecule has 2 aromatic heterocycles.